The molecule has 2 amide bonds. The molecule has 2 aromatic carbocycles. The second-order valence-electron chi connectivity index (χ2n) is 7.53. The third kappa shape index (κ3) is 3.29. The molecular weight excluding hydrogens is 357 g/mol. The van der Waals surface area contributed by atoms with Gasteiger partial charge in [0.05, 0.1) is 23.8 Å². The maximum Gasteiger partial charge on any atom is 0.251 e. The molecular formula is C22H24FN3O2. The summed E-state index contributed by atoms with van der Waals surface area (Å²) in [5.41, 5.74) is 3.42. The Bertz CT molecular complexity index is 922. The Balaban J connectivity index is 1.46. The average molecular weight is 381 g/mol. The van der Waals surface area contributed by atoms with Crippen molar-refractivity contribution >= 4 is 23.2 Å². The van der Waals surface area contributed by atoms with Gasteiger partial charge in [-0.1, -0.05) is 18.2 Å². The molecule has 2 aliphatic heterocycles. The van der Waals surface area contributed by atoms with Crippen LogP contribution in [0, 0.1) is 19.7 Å². The van der Waals surface area contributed by atoms with E-state index in [0.717, 1.165) is 11.1 Å². The molecule has 2 heterocycles. The highest BCUT2D eigenvalue weighted by Gasteiger charge is 2.43. The highest BCUT2D eigenvalue weighted by molar-refractivity contribution is 6.22. The third-order valence-corrected chi connectivity index (χ3v) is 5.82. The second-order valence-corrected chi connectivity index (χ2v) is 7.53. The first-order valence-electron chi connectivity index (χ1n) is 9.63. The van der Waals surface area contributed by atoms with Crippen molar-refractivity contribution < 1.29 is 14.0 Å². The number of hydrogen-bond donors (Lipinski definition) is 0. The lowest BCUT2D eigenvalue weighted by Crippen LogP contribution is -2.52. The molecule has 4 rings (SSSR count). The van der Waals surface area contributed by atoms with Crippen molar-refractivity contribution in [1.82, 2.24) is 4.90 Å². The molecule has 5 nitrogen and oxygen atoms in total. The van der Waals surface area contributed by atoms with E-state index in [-0.39, 0.29) is 24.1 Å². The number of halogens is 1. The molecule has 0 bridgehead atoms. The van der Waals surface area contributed by atoms with Gasteiger partial charge in [-0.3, -0.25) is 14.5 Å². The van der Waals surface area contributed by atoms with E-state index in [0.29, 0.717) is 37.6 Å². The van der Waals surface area contributed by atoms with Crippen molar-refractivity contribution in [2.45, 2.75) is 26.3 Å². The maximum absolute atomic E-state index is 14.0. The van der Waals surface area contributed by atoms with E-state index in [9.17, 15) is 14.0 Å². The number of aryl methyl sites for hydroxylation is 2. The fraction of sp³-hybridized carbons (Fsp3) is 0.364. The highest BCUT2D eigenvalue weighted by Crippen LogP contribution is 2.28. The van der Waals surface area contributed by atoms with Crippen LogP contribution in [0.3, 0.4) is 0 Å². The van der Waals surface area contributed by atoms with Crippen molar-refractivity contribution in [3.8, 4) is 0 Å². The number of imide groups is 1. The maximum atomic E-state index is 14.0. The van der Waals surface area contributed by atoms with Crippen LogP contribution in [0.4, 0.5) is 15.8 Å². The van der Waals surface area contributed by atoms with Gasteiger partial charge in [0.25, 0.3) is 5.91 Å². The minimum atomic E-state index is -0.433. The summed E-state index contributed by atoms with van der Waals surface area (Å²) in [6.45, 7) is 6.48. The monoisotopic (exact) mass is 381 g/mol. The predicted octanol–water partition coefficient (Wildman–Crippen LogP) is 2.90. The second kappa shape index (κ2) is 7.36. The Hall–Kier alpha value is -2.73. The first-order chi connectivity index (χ1) is 13.5. The molecule has 0 aromatic heterocycles. The summed E-state index contributed by atoms with van der Waals surface area (Å²) < 4.78 is 14.0. The summed E-state index contributed by atoms with van der Waals surface area (Å²) in [5.74, 6) is -0.550. The van der Waals surface area contributed by atoms with Gasteiger partial charge in [-0.15, -0.1) is 0 Å². The zero-order valence-corrected chi connectivity index (χ0v) is 16.2. The molecule has 0 N–H and O–H groups in total. The van der Waals surface area contributed by atoms with Crippen LogP contribution in [0.25, 0.3) is 0 Å². The smallest absolute Gasteiger partial charge is 0.251 e. The van der Waals surface area contributed by atoms with Gasteiger partial charge in [-0.05, 0) is 49.2 Å². The fourth-order valence-electron chi connectivity index (χ4n) is 4.02. The SMILES string of the molecule is Cc1ccc(N2C(=O)C[C@H](N3CCN(c4ccccc4F)CC3)C2=O)cc1C. The van der Waals surface area contributed by atoms with Crippen LogP contribution in [0.15, 0.2) is 42.5 Å². The molecule has 28 heavy (non-hydrogen) atoms. The molecule has 6 heteroatoms. The van der Waals surface area contributed by atoms with Crippen LogP contribution < -0.4 is 9.80 Å². The zero-order valence-electron chi connectivity index (χ0n) is 16.2. The number of anilines is 2. The number of carbonyl (C=O) groups is 2. The van der Waals surface area contributed by atoms with Crippen molar-refractivity contribution in [3.63, 3.8) is 0 Å². The molecule has 2 aromatic rings. The summed E-state index contributed by atoms with van der Waals surface area (Å²) in [6.07, 6.45) is 0.200. The lowest BCUT2D eigenvalue weighted by molar-refractivity contribution is -0.123. The van der Waals surface area contributed by atoms with Gasteiger partial charge in [0.1, 0.15) is 5.82 Å². The first kappa shape index (κ1) is 18.6. The van der Waals surface area contributed by atoms with Crippen LogP contribution in [-0.4, -0.2) is 48.9 Å². The van der Waals surface area contributed by atoms with E-state index in [2.05, 4.69) is 4.90 Å². The van der Waals surface area contributed by atoms with Gasteiger partial charge in [0.15, 0.2) is 0 Å². The van der Waals surface area contributed by atoms with Crippen molar-refractivity contribution in [1.29, 1.82) is 0 Å². The van der Waals surface area contributed by atoms with Gasteiger partial charge in [0.2, 0.25) is 5.91 Å². The van der Waals surface area contributed by atoms with Crippen LogP contribution in [0.5, 0.6) is 0 Å². The minimum Gasteiger partial charge on any atom is -0.367 e. The van der Waals surface area contributed by atoms with Crippen molar-refractivity contribution in [2.24, 2.45) is 0 Å². The van der Waals surface area contributed by atoms with Crippen LogP contribution >= 0.6 is 0 Å². The van der Waals surface area contributed by atoms with E-state index in [1.807, 2.05) is 43.0 Å². The van der Waals surface area contributed by atoms with E-state index in [1.54, 1.807) is 12.1 Å². The van der Waals surface area contributed by atoms with Gasteiger partial charge in [-0.2, -0.15) is 0 Å². The number of amides is 2. The van der Waals surface area contributed by atoms with E-state index >= 15 is 0 Å². The van der Waals surface area contributed by atoms with Crippen molar-refractivity contribution in [3.05, 3.63) is 59.4 Å². The van der Waals surface area contributed by atoms with Gasteiger partial charge < -0.3 is 4.90 Å². The number of carbonyl (C=O) groups excluding carboxylic acids is 2. The Morgan fingerprint density at radius 2 is 1.64 bits per heavy atom. The Morgan fingerprint density at radius 3 is 2.32 bits per heavy atom. The molecule has 0 saturated carbocycles. The zero-order chi connectivity index (χ0) is 19.8. The highest BCUT2D eigenvalue weighted by atomic mass is 19.1. The third-order valence-electron chi connectivity index (χ3n) is 5.82. The first-order valence-corrected chi connectivity index (χ1v) is 9.63. The molecule has 0 spiro atoms. The van der Waals surface area contributed by atoms with Gasteiger partial charge >= 0.3 is 0 Å². The van der Waals surface area contributed by atoms with Gasteiger partial charge in [0, 0.05) is 26.2 Å². The molecule has 0 radical (unpaired) electrons. The Morgan fingerprint density at radius 1 is 0.929 bits per heavy atom. The molecule has 146 valence electrons. The molecule has 2 fully saturated rings. The van der Waals surface area contributed by atoms with E-state index in [1.165, 1.54) is 11.0 Å². The molecule has 2 saturated heterocycles. The van der Waals surface area contributed by atoms with Crippen molar-refractivity contribution in [2.75, 3.05) is 36.0 Å². The van der Waals surface area contributed by atoms with Crippen LogP contribution in [0.1, 0.15) is 17.5 Å². The summed E-state index contributed by atoms with van der Waals surface area (Å²) in [5, 5.41) is 0. The molecule has 0 unspecified atom stereocenters. The number of rotatable bonds is 3. The van der Waals surface area contributed by atoms with Gasteiger partial charge in [-0.25, -0.2) is 9.29 Å². The Labute approximate surface area is 164 Å². The van der Waals surface area contributed by atoms with Crippen LogP contribution in [-0.2, 0) is 9.59 Å². The molecule has 2 aliphatic rings. The van der Waals surface area contributed by atoms with E-state index in [4.69, 9.17) is 0 Å². The largest absolute Gasteiger partial charge is 0.367 e. The lowest BCUT2D eigenvalue weighted by Gasteiger charge is -2.38. The quantitative estimate of drug-likeness (QED) is 0.767. The predicted molar refractivity (Wildman–Crippen MR) is 107 cm³/mol. The number of benzene rings is 2. The molecule has 1 atom stereocenters. The Kier molecular flexibility index (Phi) is 4.89. The summed E-state index contributed by atoms with van der Waals surface area (Å²) >= 11 is 0. The fourth-order valence-corrected chi connectivity index (χ4v) is 4.02. The number of piperazine rings is 1. The normalized spacial score (nSPS) is 20.9. The summed E-state index contributed by atoms with van der Waals surface area (Å²) in [4.78, 5) is 31.0. The number of para-hydroxylation sites is 1. The minimum absolute atomic E-state index is 0.158. The standard InChI is InChI=1S/C22H24FN3O2/c1-15-7-8-17(13-16(15)2)26-21(27)14-20(22(26)28)25-11-9-24(10-12-25)19-6-4-3-5-18(19)23/h3-8,13,20H,9-12,14H2,1-2H3/t20-/m0/s1. The number of nitrogens with zero attached hydrogens (tertiary/aromatic N) is 3. The average Bonchev–Trinajstić information content (AvgIpc) is 2.99. The topological polar surface area (TPSA) is 43.9 Å². The summed E-state index contributed by atoms with van der Waals surface area (Å²) in [6, 6.07) is 12.0. The molecule has 0 aliphatic carbocycles. The number of hydrogen-bond acceptors (Lipinski definition) is 4. The van der Waals surface area contributed by atoms with E-state index < -0.39 is 6.04 Å². The lowest BCUT2D eigenvalue weighted by atomic mass is 10.1. The summed E-state index contributed by atoms with van der Waals surface area (Å²) in [7, 11) is 0. The van der Waals surface area contributed by atoms with Crippen LogP contribution in [0.2, 0.25) is 0 Å².